The van der Waals surface area contributed by atoms with Gasteiger partial charge in [0.2, 0.25) is 5.91 Å². The van der Waals surface area contributed by atoms with Crippen molar-refractivity contribution in [3.05, 3.63) is 67.0 Å². The summed E-state index contributed by atoms with van der Waals surface area (Å²) in [6, 6.07) is 8.14. The Bertz CT molecular complexity index is 1610. The lowest BCUT2D eigenvalue weighted by molar-refractivity contribution is -0.127. The number of fused-ring (bicyclic) bond motifs is 1. The Balaban J connectivity index is 1.17. The molecular formula is C30H33FN8O4. The molecule has 2 aliphatic rings. The fourth-order valence-electron chi connectivity index (χ4n) is 5.73. The van der Waals surface area contributed by atoms with Gasteiger partial charge in [0.1, 0.15) is 47.5 Å². The van der Waals surface area contributed by atoms with Gasteiger partial charge in [-0.15, -0.1) is 0 Å². The number of aromatic amines is 1. The molecule has 6 rings (SSSR count). The molecule has 0 aliphatic carbocycles. The predicted octanol–water partition coefficient (Wildman–Crippen LogP) is 4.16. The number of pyridine rings is 1. The van der Waals surface area contributed by atoms with Crippen LogP contribution in [0, 0.1) is 5.82 Å². The van der Waals surface area contributed by atoms with Crippen LogP contribution in [-0.2, 0) is 14.3 Å². The molecule has 5 heterocycles. The van der Waals surface area contributed by atoms with Crippen LogP contribution < -0.4 is 15.0 Å². The van der Waals surface area contributed by atoms with E-state index < -0.39 is 5.82 Å². The Morgan fingerprint density at radius 1 is 1.07 bits per heavy atom. The van der Waals surface area contributed by atoms with Crippen molar-refractivity contribution in [2.24, 2.45) is 0 Å². The molecule has 1 aromatic carbocycles. The number of H-pyrrole nitrogens is 1. The fourth-order valence-corrected chi connectivity index (χ4v) is 5.73. The van der Waals surface area contributed by atoms with Crippen LogP contribution in [-0.4, -0.2) is 88.6 Å². The first kappa shape index (κ1) is 28.5. The molecule has 2 N–H and O–H groups in total. The Kier molecular flexibility index (Phi) is 8.16. The molecule has 2 aliphatic heterocycles. The van der Waals surface area contributed by atoms with E-state index in [1.165, 1.54) is 18.5 Å². The number of carbonyl (C=O) groups excluding carboxylic acids is 1. The van der Waals surface area contributed by atoms with Crippen molar-refractivity contribution in [2.45, 2.75) is 31.0 Å². The van der Waals surface area contributed by atoms with Gasteiger partial charge in [0.25, 0.3) is 0 Å². The molecule has 43 heavy (non-hydrogen) atoms. The zero-order chi connectivity index (χ0) is 29.9. The summed E-state index contributed by atoms with van der Waals surface area (Å²) in [4.78, 5) is 29.0. The van der Waals surface area contributed by atoms with Gasteiger partial charge >= 0.3 is 0 Å². The van der Waals surface area contributed by atoms with Gasteiger partial charge in [-0.3, -0.25) is 9.89 Å². The largest absolute Gasteiger partial charge is 0.457 e. The number of carbonyl (C=O) groups is 1. The van der Waals surface area contributed by atoms with E-state index in [9.17, 15) is 4.79 Å². The van der Waals surface area contributed by atoms with Crippen LogP contribution in [0.5, 0.6) is 11.5 Å². The number of piperidine rings is 1. The van der Waals surface area contributed by atoms with Gasteiger partial charge < -0.3 is 29.3 Å². The molecule has 3 aromatic heterocycles. The molecule has 2 fully saturated rings. The summed E-state index contributed by atoms with van der Waals surface area (Å²) in [5.74, 6) is 1.57. The molecule has 4 aromatic rings. The van der Waals surface area contributed by atoms with E-state index in [0.717, 1.165) is 24.4 Å². The molecule has 0 spiro atoms. The molecular weight excluding hydrogens is 555 g/mol. The third-order valence-corrected chi connectivity index (χ3v) is 8.06. The first-order valence-electron chi connectivity index (χ1n) is 14.1. The van der Waals surface area contributed by atoms with Crippen molar-refractivity contribution >= 4 is 34.3 Å². The molecule has 12 nitrogen and oxygen atoms in total. The van der Waals surface area contributed by atoms with Crippen LogP contribution in [0.3, 0.4) is 0 Å². The number of hydrogen-bond acceptors (Lipinski definition) is 10. The van der Waals surface area contributed by atoms with Gasteiger partial charge in [-0.25, -0.2) is 19.3 Å². The Labute approximate surface area is 247 Å². The third-order valence-electron chi connectivity index (χ3n) is 8.06. The second-order valence-electron chi connectivity index (χ2n) is 10.5. The first-order valence-corrected chi connectivity index (χ1v) is 14.1. The number of ether oxygens (including phenoxy) is 3. The van der Waals surface area contributed by atoms with Gasteiger partial charge in [-0.2, -0.15) is 5.10 Å². The van der Waals surface area contributed by atoms with Crippen LogP contribution in [0.25, 0.3) is 11.0 Å². The number of anilines is 3. The van der Waals surface area contributed by atoms with Gasteiger partial charge in [0, 0.05) is 64.6 Å². The van der Waals surface area contributed by atoms with Crippen LogP contribution in [0.4, 0.5) is 21.7 Å². The summed E-state index contributed by atoms with van der Waals surface area (Å²) >= 11 is 0. The van der Waals surface area contributed by atoms with Crippen molar-refractivity contribution < 1.29 is 23.4 Å². The zero-order valence-corrected chi connectivity index (χ0v) is 24.0. The van der Waals surface area contributed by atoms with Crippen molar-refractivity contribution in [1.29, 1.82) is 0 Å². The number of benzene rings is 1. The summed E-state index contributed by atoms with van der Waals surface area (Å²) in [6.45, 7) is 6.08. The number of likely N-dealkylation sites (tertiary alicyclic amines) is 1. The quantitative estimate of drug-likeness (QED) is 0.275. The van der Waals surface area contributed by atoms with Crippen LogP contribution in [0.15, 0.2) is 55.5 Å². The number of methoxy groups -OCH3 is 2. The standard InChI is InChI=1S/C30H33FN8O4/c1-4-26(40)38-11-8-18(9-12-38)28-27-29(33-17-34-30(27)37-36-28)35-22-6-5-19(13-21(22)31)43-20-7-10-32-25(14-20)39-15-23(41-2)24(16-39)42-3/h4-7,10,13-14,17-18,23-24H,1,8-9,11-12,15-16H2,2-3H3,(H2,33,34,35,36,37)/t23-,24+. The monoisotopic (exact) mass is 588 g/mol. The number of nitrogens with zero attached hydrogens (tertiary/aromatic N) is 6. The lowest BCUT2D eigenvalue weighted by atomic mass is 9.92. The molecule has 224 valence electrons. The lowest BCUT2D eigenvalue weighted by Crippen LogP contribution is -2.36. The highest BCUT2D eigenvalue weighted by Gasteiger charge is 2.34. The van der Waals surface area contributed by atoms with Crippen molar-refractivity contribution in [3.8, 4) is 11.5 Å². The maximum atomic E-state index is 15.4. The van der Waals surface area contributed by atoms with Crippen molar-refractivity contribution in [1.82, 2.24) is 30.0 Å². The van der Waals surface area contributed by atoms with E-state index in [-0.39, 0.29) is 29.7 Å². The Hall–Kier alpha value is -4.62. The van der Waals surface area contributed by atoms with Crippen LogP contribution >= 0.6 is 0 Å². The maximum Gasteiger partial charge on any atom is 0.245 e. The average Bonchev–Trinajstić information content (AvgIpc) is 3.67. The fraction of sp³-hybridized carbons (Fsp3) is 0.367. The van der Waals surface area contributed by atoms with E-state index in [4.69, 9.17) is 14.2 Å². The summed E-state index contributed by atoms with van der Waals surface area (Å²) in [5, 5.41) is 11.3. The summed E-state index contributed by atoms with van der Waals surface area (Å²) in [7, 11) is 3.33. The van der Waals surface area contributed by atoms with Crippen molar-refractivity contribution in [2.75, 3.05) is 50.6 Å². The second-order valence-corrected chi connectivity index (χ2v) is 10.5. The minimum absolute atomic E-state index is 0.0548. The zero-order valence-electron chi connectivity index (χ0n) is 24.0. The number of amides is 1. The van der Waals surface area contributed by atoms with E-state index in [0.29, 0.717) is 54.5 Å². The molecule has 0 radical (unpaired) electrons. The molecule has 0 bridgehead atoms. The number of aromatic nitrogens is 5. The lowest BCUT2D eigenvalue weighted by Gasteiger charge is -2.31. The van der Waals surface area contributed by atoms with Gasteiger partial charge in [0.15, 0.2) is 5.65 Å². The summed E-state index contributed by atoms with van der Waals surface area (Å²) in [5.41, 5.74) is 1.58. The normalized spacial score (nSPS) is 19.1. The highest BCUT2D eigenvalue weighted by molar-refractivity contribution is 5.91. The second kappa shape index (κ2) is 12.3. The molecule has 1 amide bonds. The van der Waals surface area contributed by atoms with E-state index in [1.54, 1.807) is 43.5 Å². The number of nitrogens with one attached hydrogen (secondary N) is 2. The van der Waals surface area contributed by atoms with E-state index in [2.05, 4.69) is 41.9 Å². The van der Waals surface area contributed by atoms with E-state index >= 15 is 4.39 Å². The maximum absolute atomic E-state index is 15.4. The number of hydrogen-bond donors (Lipinski definition) is 2. The molecule has 2 atom stereocenters. The van der Waals surface area contributed by atoms with Crippen LogP contribution in [0.2, 0.25) is 0 Å². The summed E-state index contributed by atoms with van der Waals surface area (Å²) in [6.07, 6.45) is 5.77. The SMILES string of the molecule is C=CC(=O)N1CCC(c2[nH]nc3ncnc(Nc4ccc(Oc5ccnc(N6C[C@H](OC)[C@H](OC)C6)c5)cc4F)c23)CC1. The predicted molar refractivity (Wildman–Crippen MR) is 158 cm³/mol. The Morgan fingerprint density at radius 3 is 2.51 bits per heavy atom. The van der Waals surface area contributed by atoms with Gasteiger partial charge in [-0.1, -0.05) is 6.58 Å². The minimum Gasteiger partial charge on any atom is -0.457 e. The van der Waals surface area contributed by atoms with Crippen molar-refractivity contribution in [3.63, 3.8) is 0 Å². The number of rotatable bonds is 9. The highest BCUT2D eigenvalue weighted by Crippen LogP contribution is 2.36. The molecule has 2 saturated heterocycles. The molecule has 0 saturated carbocycles. The third kappa shape index (κ3) is 5.86. The Morgan fingerprint density at radius 2 is 1.81 bits per heavy atom. The van der Waals surface area contributed by atoms with Crippen LogP contribution in [0.1, 0.15) is 24.5 Å². The molecule has 0 unspecified atom stereocenters. The van der Waals surface area contributed by atoms with Gasteiger partial charge in [-0.05, 0) is 37.1 Å². The average molecular weight is 589 g/mol. The topological polar surface area (TPSA) is 131 Å². The smallest absolute Gasteiger partial charge is 0.245 e. The number of halogens is 1. The van der Waals surface area contributed by atoms with Gasteiger partial charge in [0.05, 0.1) is 16.8 Å². The summed E-state index contributed by atoms with van der Waals surface area (Å²) < 4.78 is 32.4. The first-order chi connectivity index (χ1) is 21.0. The molecule has 13 heteroatoms. The minimum atomic E-state index is -0.509. The van der Waals surface area contributed by atoms with E-state index in [1.807, 2.05) is 6.07 Å². The highest BCUT2D eigenvalue weighted by atomic mass is 19.1.